The lowest BCUT2D eigenvalue weighted by Crippen LogP contribution is -2.21. The van der Waals surface area contributed by atoms with Crippen LogP contribution in [0.25, 0.3) is 0 Å². The fourth-order valence-corrected chi connectivity index (χ4v) is 2.68. The molecule has 0 aromatic heterocycles. The normalized spacial score (nSPS) is 10.1. The van der Waals surface area contributed by atoms with Crippen molar-refractivity contribution in [1.82, 2.24) is 0 Å². The van der Waals surface area contributed by atoms with E-state index in [9.17, 15) is 14.4 Å². The van der Waals surface area contributed by atoms with E-state index >= 15 is 0 Å². The Morgan fingerprint density at radius 2 is 1.45 bits per heavy atom. The Labute approximate surface area is 182 Å². The largest absolute Gasteiger partial charge is 0.456 e. The number of rotatable bonds is 7. The molecule has 0 saturated heterocycles. The molecular weight excluding hydrogens is 422 g/mol. The monoisotopic (exact) mass is 439 g/mol. The molecule has 8 nitrogen and oxygen atoms in total. The summed E-state index contributed by atoms with van der Waals surface area (Å²) in [7, 11) is 0. The second-order valence-electron chi connectivity index (χ2n) is 6.25. The van der Waals surface area contributed by atoms with Gasteiger partial charge in [0.1, 0.15) is 11.5 Å². The van der Waals surface area contributed by atoms with Crippen molar-refractivity contribution in [2.75, 3.05) is 17.2 Å². The highest BCUT2D eigenvalue weighted by atomic mass is 35.5. The lowest BCUT2D eigenvalue weighted by Gasteiger charge is -2.09. The van der Waals surface area contributed by atoms with Crippen LogP contribution in [0.15, 0.2) is 72.8 Å². The lowest BCUT2D eigenvalue weighted by atomic mass is 10.2. The predicted molar refractivity (Wildman–Crippen MR) is 117 cm³/mol. The summed E-state index contributed by atoms with van der Waals surface area (Å²) < 4.78 is 10.7. The van der Waals surface area contributed by atoms with Crippen LogP contribution in [0.1, 0.15) is 10.4 Å². The summed E-state index contributed by atoms with van der Waals surface area (Å²) in [6, 6.07) is 18.9. The van der Waals surface area contributed by atoms with Gasteiger partial charge in [-0.15, -0.1) is 0 Å². The number of para-hydroxylation sites is 1. The highest BCUT2D eigenvalue weighted by Gasteiger charge is 2.11. The van der Waals surface area contributed by atoms with Crippen LogP contribution in [0.2, 0.25) is 5.02 Å². The first-order valence-electron chi connectivity index (χ1n) is 9.06. The van der Waals surface area contributed by atoms with Crippen molar-refractivity contribution < 1.29 is 23.9 Å². The van der Waals surface area contributed by atoms with Gasteiger partial charge in [0.05, 0.1) is 10.6 Å². The fourth-order valence-electron chi connectivity index (χ4n) is 2.50. The zero-order valence-electron chi connectivity index (χ0n) is 16.1. The molecule has 0 spiro atoms. The van der Waals surface area contributed by atoms with E-state index in [4.69, 9.17) is 26.8 Å². The Morgan fingerprint density at radius 3 is 2.10 bits per heavy atom. The van der Waals surface area contributed by atoms with Crippen LogP contribution in [-0.2, 0) is 9.53 Å². The highest BCUT2D eigenvalue weighted by molar-refractivity contribution is 6.32. The Hall–Kier alpha value is -4.04. The number of esters is 1. The Kier molecular flexibility index (Phi) is 7.08. The molecule has 3 rings (SSSR count). The second kappa shape index (κ2) is 10.1. The van der Waals surface area contributed by atoms with Gasteiger partial charge in [-0.2, -0.15) is 0 Å². The van der Waals surface area contributed by atoms with Gasteiger partial charge in [-0.1, -0.05) is 23.7 Å². The summed E-state index contributed by atoms with van der Waals surface area (Å²) in [5, 5.41) is 5.48. The van der Waals surface area contributed by atoms with Crippen LogP contribution in [0.3, 0.4) is 0 Å². The molecule has 0 aliphatic heterocycles. The third-order valence-corrected chi connectivity index (χ3v) is 4.24. The van der Waals surface area contributed by atoms with E-state index in [2.05, 4.69) is 10.6 Å². The molecule has 31 heavy (non-hydrogen) atoms. The Balaban J connectivity index is 1.48. The van der Waals surface area contributed by atoms with E-state index in [1.54, 1.807) is 42.5 Å². The first-order valence-corrected chi connectivity index (χ1v) is 9.44. The lowest BCUT2D eigenvalue weighted by molar-refractivity contribution is -0.119. The number of nitrogens with one attached hydrogen (secondary N) is 2. The van der Waals surface area contributed by atoms with Gasteiger partial charge in [0.25, 0.3) is 5.91 Å². The number of amides is 3. The van der Waals surface area contributed by atoms with Crippen LogP contribution in [0.5, 0.6) is 11.5 Å². The molecule has 0 atom stereocenters. The number of nitrogens with two attached hydrogens (primary N) is 1. The van der Waals surface area contributed by atoms with Crippen molar-refractivity contribution in [3.8, 4) is 11.5 Å². The number of carbonyl (C=O) groups excluding carboxylic acids is 3. The van der Waals surface area contributed by atoms with Gasteiger partial charge in [0.2, 0.25) is 0 Å². The smallest absolute Gasteiger partial charge is 0.338 e. The number of carbonyl (C=O) groups is 3. The minimum Gasteiger partial charge on any atom is -0.456 e. The Bertz CT molecular complexity index is 1090. The number of halogens is 1. The molecule has 0 heterocycles. The summed E-state index contributed by atoms with van der Waals surface area (Å²) in [5.41, 5.74) is 6.19. The van der Waals surface area contributed by atoms with Crippen molar-refractivity contribution in [2.24, 2.45) is 5.73 Å². The zero-order valence-corrected chi connectivity index (χ0v) is 16.9. The third kappa shape index (κ3) is 6.48. The summed E-state index contributed by atoms with van der Waals surface area (Å²) >= 11 is 6.06. The van der Waals surface area contributed by atoms with Crippen LogP contribution in [-0.4, -0.2) is 24.5 Å². The van der Waals surface area contributed by atoms with Crippen molar-refractivity contribution in [1.29, 1.82) is 0 Å². The minimum atomic E-state index is -0.713. The van der Waals surface area contributed by atoms with Crippen LogP contribution in [0, 0.1) is 0 Å². The molecule has 158 valence electrons. The molecular formula is C22H18ClN3O5. The van der Waals surface area contributed by atoms with Crippen LogP contribution >= 0.6 is 11.6 Å². The van der Waals surface area contributed by atoms with E-state index in [0.717, 1.165) is 0 Å². The third-order valence-electron chi connectivity index (χ3n) is 3.93. The van der Waals surface area contributed by atoms with Crippen molar-refractivity contribution in [3.05, 3.63) is 83.4 Å². The van der Waals surface area contributed by atoms with Gasteiger partial charge in [-0.3, -0.25) is 4.79 Å². The van der Waals surface area contributed by atoms with Crippen molar-refractivity contribution in [3.63, 3.8) is 0 Å². The molecule has 4 N–H and O–H groups in total. The molecule has 9 heteroatoms. The quantitative estimate of drug-likeness (QED) is 0.471. The van der Waals surface area contributed by atoms with E-state index < -0.39 is 24.5 Å². The maximum Gasteiger partial charge on any atom is 0.338 e. The van der Waals surface area contributed by atoms with Gasteiger partial charge in [-0.05, 0) is 60.7 Å². The maximum atomic E-state index is 12.0. The maximum absolute atomic E-state index is 12.0. The number of ether oxygens (including phenoxy) is 2. The standard InChI is InChI=1S/C22H18ClN3O5/c23-18-3-1-2-4-19(18)31-17-11-9-15(10-12-17)25-20(27)13-30-21(28)14-5-7-16(8-6-14)26-22(24)29/h1-12H,13H2,(H,25,27)(H3,24,26,29). The topological polar surface area (TPSA) is 120 Å². The average molecular weight is 440 g/mol. The van der Waals surface area contributed by atoms with Gasteiger partial charge in [-0.25, -0.2) is 9.59 Å². The first kappa shape index (κ1) is 21.7. The summed E-state index contributed by atoms with van der Waals surface area (Å²) in [6.07, 6.45) is 0. The highest BCUT2D eigenvalue weighted by Crippen LogP contribution is 2.29. The number of primary amides is 1. The number of benzene rings is 3. The minimum absolute atomic E-state index is 0.226. The summed E-state index contributed by atoms with van der Waals surface area (Å²) in [5.74, 6) is -0.109. The molecule has 3 aromatic carbocycles. The predicted octanol–water partition coefficient (Wildman–Crippen LogP) is 4.42. The van der Waals surface area contributed by atoms with Crippen molar-refractivity contribution >= 4 is 40.9 Å². The number of hydrogen-bond acceptors (Lipinski definition) is 5. The molecule has 0 aliphatic rings. The van der Waals surface area contributed by atoms with Crippen molar-refractivity contribution in [2.45, 2.75) is 0 Å². The SMILES string of the molecule is NC(=O)Nc1ccc(C(=O)OCC(=O)Nc2ccc(Oc3ccccc3Cl)cc2)cc1. The molecule has 0 saturated carbocycles. The second-order valence-corrected chi connectivity index (χ2v) is 6.65. The average Bonchev–Trinajstić information content (AvgIpc) is 2.75. The molecule has 3 aromatic rings. The van der Waals surface area contributed by atoms with Crippen LogP contribution in [0.4, 0.5) is 16.2 Å². The molecule has 0 radical (unpaired) electrons. The van der Waals surface area contributed by atoms with Gasteiger partial charge in [0.15, 0.2) is 6.61 Å². The first-order chi connectivity index (χ1) is 14.9. The Morgan fingerprint density at radius 1 is 0.839 bits per heavy atom. The summed E-state index contributed by atoms with van der Waals surface area (Å²) in [6.45, 7) is -0.460. The molecule has 3 amide bonds. The van der Waals surface area contributed by atoms with E-state index in [-0.39, 0.29) is 5.56 Å². The van der Waals surface area contributed by atoms with Gasteiger partial charge >= 0.3 is 12.0 Å². The van der Waals surface area contributed by atoms with E-state index in [1.807, 2.05) is 6.07 Å². The fraction of sp³-hybridized carbons (Fsp3) is 0.0455. The van der Waals surface area contributed by atoms with E-state index in [1.165, 1.54) is 24.3 Å². The number of hydrogen-bond donors (Lipinski definition) is 3. The molecule has 0 fully saturated rings. The number of anilines is 2. The molecule has 0 bridgehead atoms. The zero-order chi connectivity index (χ0) is 22.2. The van der Waals surface area contributed by atoms with E-state index in [0.29, 0.717) is 27.9 Å². The number of urea groups is 1. The van der Waals surface area contributed by atoms with Crippen LogP contribution < -0.4 is 21.1 Å². The molecule has 0 unspecified atom stereocenters. The van der Waals surface area contributed by atoms with Gasteiger partial charge in [0, 0.05) is 11.4 Å². The summed E-state index contributed by atoms with van der Waals surface area (Å²) in [4.78, 5) is 34.9. The molecule has 0 aliphatic carbocycles. The van der Waals surface area contributed by atoms with Gasteiger partial charge < -0.3 is 25.8 Å².